The summed E-state index contributed by atoms with van der Waals surface area (Å²) in [6.07, 6.45) is 1.92. The number of halogens is 1. The highest BCUT2D eigenvalue weighted by atomic mass is 127. The maximum atomic E-state index is 11.9. The van der Waals surface area contributed by atoms with Crippen molar-refractivity contribution in [1.82, 2.24) is 10.2 Å². The average Bonchev–Trinajstić information content (AvgIpc) is 2.77. The van der Waals surface area contributed by atoms with Crippen molar-refractivity contribution in [2.75, 3.05) is 11.6 Å². The maximum absolute atomic E-state index is 11.9. The molecule has 1 amide bonds. The molecule has 0 saturated carbocycles. The molecule has 1 aromatic heterocycles. The molecule has 0 saturated heterocycles. The van der Waals surface area contributed by atoms with E-state index in [0.717, 1.165) is 7.91 Å². The maximum Gasteiger partial charge on any atom is 0.258 e. The van der Waals surface area contributed by atoms with E-state index >= 15 is 0 Å². The van der Waals surface area contributed by atoms with E-state index in [1.54, 1.807) is 6.07 Å². The van der Waals surface area contributed by atoms with Crippen LogP contribution >= 0.6 is 45.7 Å². The summed E-state index contributed by atoms with van der Waals surface area (Å²) in [6, 6.07) is 7.41. The van der Waals surface area contributed by atoms with Gasteiger partial charge in [-0.1, -0.05) is 35.2 Å². The number of aromatic nitrogens is 2. The third-order valence-electron chi connectivity index (χ3n) is 1.92. The van der Waals surface area contributed by atoms with Gasteiger partial charge in [0, 0.05) is 3.57 Å². The number of thioether (sulfide) groups is 1. The van der Waals surface area contributed by atoms with Gasteiger partial charge in [-0.2, -0.15) is 0 Å². The van der Waals surface area contributed by atoms with Crippen LogP contribution < -0.4 is 5.32 Å². The van der Waals surface area contributed by atoms with E-state index in [4.69, 9.17) is 0 Å². The zero-order valence-corrected chi connectivity index (χ0v) is 12.6. The van der Waals surface area contributed by atoms with Gasteiger partial charge in [-0.05, 0) is 41.0 Å². The Labute approximate surface area is 120 Å². The third kappa shape index (κ3) is 3.17. The number of amides is 1. The lowest BCUT2D eigenvalue weighted by atomic mass is 10.2. The largest absolute Gasteiger partial charge is 0.296 e. The van der Waals surface area contributed by atoms with Gasteiger partial charge < -0.3 is 0 Å². The Kier molecular flexibility index (Phi) is 4.35. The third-order valence-corrected chi connectivity index (χ3v) is 4.67. The standard InChI is InChI=1S/C10H8IN3OS2/c1-16-10-14-13-9(17-10)12-8(15)6-4-2-3-5-7(6)11/h2-5H,1H3,(H,12,13,15). The highest BCUT2D eigenvalue weighted by Crippen LogP contribution is 2.23. The van der Waals surface area contributed by atoms with Crippen molar-refractivity contribution < 1.29 is 4.79 Å². The van der Waals surface area contributed by atoms with E-state index in [1.165, 1.54) is 23.1 Å². The normalized spacial score (nSPS) is 10.2. The molecule has 1 heterocycles. The van der Waals surface area contributed by atoms with Crippen LogP contribution in [0.15, 0.2) is 28.6 Å². The van der Waals surface area contributed by atoms with Crippen LogP contribution in [0.3, 0.4) is 0 Å². The quantitative estimate of drug-likeness (QED) is 0.507. The van der Waals surface area contributed by atoms with E-state index in [9.17, 15) is 4.79 Å². The number of hydrogen-bond acceptors (Lipinski definition) is 5. The number of carbonyl (C=O) groups is 1. The number of carbonyl (C=O) groups excluding carboxylic acids is 1. The molecule has 0 spiro atoms. The Bertz CT molecular complexity index is 544. The number of anilines is 1. The Balaban J connectivity index is 2.14. The first kappa shape index (κ1) is 12.8. The lowest BCUT2D eigenvalue weighted by molar-refractivity contribution is 0.102. The van der Waals surface area contributed by atoms with Gasteiger partial charge >= 0.3 is 0 Å². The summed E-state index contributed by atoms with van der Waals surface area (Å²) in [5.74, 6) is -0.154. The van der Waals surface area contributed by atoms with Gasteiger partial charge in [-0.25, -0.2) is 0 Å². The molecule has 7 heteroatoms. The highest BCUT2D eigenvalue weighted by Gasteiger charge is 2.11. The predicted molar refractivity (Wildman–Crippen MR) is 78.8 cm³/mol. The summed E-state index contributed by atoms with van der Waals surface area (Å²) in [5.41, 5.74) is 0.647. The van der Waals surface area contributed by atoms with E-state index in [0.29, 0.717) is 10.7 Å². The zero-order valence-electron chi connectivity index (χ0n) is 8.81. The first-order valence-electron chi connectivity index (χ1n) is 4.64. The van der Waals surface area contributed by atoms with E-state index in [-0.39, 0.29) is 5.91 Å². The minimum atomic E-state index is -0.154. The SMILES string of the molecule is CSc1nnc(NC(=O)c2ccccc2I)s1. The molecule has 0 radical (unpaired) electrons. The van der Waals surface area contributed by atoms with Gasteiger partial charge in [0.25, 0.3) is 5.91 Å². The molecule has 0 atom stereocenters. The molecule has 4 nitrogen and oxygen atoms in total. The molecule has 88 valence electrons. The molecule has 2 rings (SSSR count). The van der Waals surface area contributed by atoms with Crippen molar-refractivity contribution >= 4 is 56.7 Å². The molecule has 17 heavy (non-hydrogen) atoms. The van der Waals surface area contributed by atoms with Crippen LogP contribution in [-0.4, -0.2) is 22.4 Å². The molecule has 0 aliphatic heterocycles. The summed E-state index contributed by atoms with van der Waals surface area (Å²) in [4.78, 5) is 11.9. The average molecular weight is 377 g/mol. The Hall–Kier alpha value is -0.670. The second-order valence-corrected chi connectivity index (χ2v) is 6.20. The molecule has 0 aliphatic carbocycles. The molecule has 0 aliphatic rings. The minimum absolute atomic E-state index is 0.154. The van der Waals surface area contributed by atoms with Gasteiger partial charge in [0.15, 0.2) is 4.34 Å². The number of nitrogens with one attached hydrogen (secondary N) is 1. The number of benzene rings is 1. The summed E-state index contributed by atoms with van der Waals surface area (Å²) < 4.78 is 1.75. The lowest BCUT2D eigenvalue weighted by Gasteiger charge is -2.02. The monoisotopic (exact) mass is 377 g/mol. The molecule has 0 bridgehead atoms. The molecule has 0 unspecified atom stereocenters. The summed E-state index contributed by atoms with van der Waals surface area (Å²) >= 11 is 5.01. The van der Waals surface area contributed by atoms with Gasteiger partial charge in [0.1, 0.15) is 0 Å². The fourth-order valence-corrected chi connectivity index (χ4v) is 2.95. The fraction of sp³-hybridized carbons (Fsp3) is 0.100. The van der Waals surface area contributed by atoms with Crippen molar-refractivity contribution in [3.63, 3.8) is 0 Å². The zero-order chi connectivity index (χ0) is 12.3. The predicted octanol–water partition coefficient (Wildman–Crippen LogP) is 3.12. The second-order valence-electron chi connectivity index (χ2n) is 3.01. The fourth-order valence-electron chi connectivity index (χ4n) is 1.15. The summed E-state index contributed by atoms with van der Waals surface area (Å²) in [6.45, 7) is 0. The molecular formula is C10H8IN3OS2. The first-order chi connectivity index (χ1) is 8.20. The van der Waals surface area contributed by atoms with Gasteiger partial charge in [-0.15, -0.1) is 10.2 Å². The molecule has 1 N–H and O–H groups in total. The highest BCUT2D eigenvalue weighted by molar-refractivity contribution is 14.1. The van der Waals surface area contributed by atoms with Crippen LogP contribution in [0.1, 0.15) is 10.4 Å². The molecule has 2 aromatic rings. The van der Waals surface area contributed by atoms with Crippen LogP contribution in [0.2, 0.25) is 0 Å². The van der Waals surface area contributed by atoms with Crippen molar-refractivity contribution in [3.05, 3.63) is 33.4 Å². The van der Waals surface area contributed by atoms with Crippen LogP contribution in [0, 0.1) is 3.57 Å². The lowest BCUT2D eigenvalue weighted by Crippen LogP contribution is -2.13. The topological polar surface area (TPSA) is 54.9 Å². The van der Waals surface area contributed by atoms with Crippen LogP contribution in [0.4, 0.5) is 5.13 Å². The molecular weight excluding hydrogens is 369 g/mol. The van der Waals surface area contributed by atoms with Crippen molar-refractivity contribution in [3.8, 4) is 0 Å². The van der Waals surface area contributed by atoms with E-state index in [1.807, 2.05) is 24.5 Å². The van der Waals surface area contributed by atoms with Crippen molar-refractivity contribution in [2.24, 2.45) is 0 Å². The Morgan fingerprint density at radius 3 is 2.82 bits per heavy atom. The molecule has 1 aromatic carbocycles. The van der Waals surface area contributed by atoms with E-state index < -0.39 is 0 Å². The van der Waals surface area contributed by atoms with Crippen molar-refractivity contribution in [2.45, 2.75) is 4.34 Å². The molecule has 0 fully saturated rings. The van der Waals surface area contributed by atoms with Gasteiger partial charge in [-0.3, -0.25) is 10.1 Å². The smallest absolute Gasteiger partial charge is 0.258 e. The van der Waals surface area contributed by atoms with Gasteiger partial charge in [0.2, 0.25) is 5.13 Å². The van der Waals surface area contributed by atoms with Crippen LogP contribution in [0.5, 0.6) is 0 Å². The second kappa shape index (κ2) is 5.78. The Morgan fingerprint density at radius 2 is 2.18 bits per heavy atom. The van der Waals surface area contributed by atoms with Gasteiger partial charge in [0.05, 0.1) is 5.56 Å². The minimum Gasteiger partial charge on any atom is -0.296 e. The number of hydrogen-bond donors (Lipinski definition) is 1. The summed E-state index contributed by atoms with van der Waals surface area (Å²) in [7, 11) is 0. The first-order valence-corrected chi connectivity index (χ1v) is 7.76. The van der Waals surface area contributed by atoms with Crippen LogP contribution in [0.25, 0.3) is 0 Å². The number of rotatable bonds is 3. The van der Waals surface area contributed by atoms with E-state index in [2.05, 4.69) is 38.1 Å². The number of nitrogens with zero attached hydrogens (tertiary/aromatic N) is 2. The van der Waals surface area contributed by atoms with Crippen molar-refractivity contribution in [1.29, 1.82) is 0 Å². The Morgan fingerprint density at radius 1 is 1.41 bits per heavy atom. The summed E-state index contributed by atoms with van der Waals surface area (Å²) in [5, 5.41) is 11.1. The van der Waals surface area contributed by atoms with Crippen LogP contribution in [-0.2, 0) is 0 Å².